The second-order valence-electron chi connectivity index (χ2n) is 5.86. The molecule has 0 aliphatic heterocycles. The molecule has 0 saturated carbocycles. The highest BCUT2D eigenvalue weighted by Gasteiger charge is 2.35. The number of nitrogens with zero attached hydrogens (tertiary/aromatic N) is 3. The summed E-state index contributed by atoms with van der Waals surface area (Å²) in [4.78, 5) is 3.96. The summed E-state index contributed by atoms with van der Waals surface area (Å²) in [7, 11) is -4.54. The molecule has 2 aromatic heterocycles. The third kappa shape index (κ3) is 3.78. The summed E-state index contributed by atoms with van der Waals surface area (Å²) in [6, 6.07) is 8.57. The van der Waals surface area contributed by atoms with Gasteiger partial charge in [-0.1, -0.05) is 22.9 Å². The Morgan fingerprint density at radius 1 is 1.17 bits per heavy atom. The highest BCUT2D eigenvalue weighted by Crippen LogP contribution is 2.35. The quantitative estimate of drug-likeness (QED) is 0.453. The highest BCUT2D eigenvalue weighted by molar-refractivity contribution is 7.92. The van der Waals surface area contributed by atoms with Crippen molar-refractivity contribution in [3.8, 4) is 11.6 Å². The van der Waals surface area contributed by atoms with E-state index in [9.17, 15) is 26.7 Å². The van der Waals surface area contributed by atoms with Crippen LogP contribution in [0, 0.1) is 0 Å². The minimum absolute atomic E-state index is 0.112. The lowest BCUT2D eigenvalue weighted by Crippen LogP contribution is -2.40. The number of alkyl halides is 3. The molecule has 0 radical (unpaired) electrons. The Bertz CT molecular complexity index is 1350. The van der Waals surface area contributed by atoms with Crippen LogP contribution in [0.3, 0.4) is 0 Å². The summed E-state index contributed by atoms with van der Waals surface area (Å²) in [6.07, 6.45) is -4.55. The lowest BCUT2D eigenvalue weighted by molar-refractivity contribution is -0.706. The molecule has 0 saturated heterocycles. The van der Waals surface area contributed by atoms with E-state index in [1.54, 1.807) is 0 Å². The van der Waals surface area contributed by atoms with Gasteiger partial charge >= 0.3 is 21.2 Å². The molecule has 156 valence electrons. The zero-order valence-corrected chi connectivity index (χ0v) is 16.7. The van der Waals surface area contributed by atoms with Crippen molar-refractivity contribution in [3.05, 3.63) is 53.1 Å². The predicted octanol–water partition coefficient (Wildman–Crippen LogP) is 3.11. The third-order valence-electron chi connectivity index (χ3n) is 3.84. The average molecular weight is 477 g/mol. The molecule has 0 aliphatic carbocycles. The maximum Gasteiger partial charge on any atom is 0.416 e. The van der Waals surface area contributed by atoms with Crippen molar-refractivity contribution in [2.24, 2.45) is 0 Å². The minimum Gasteiger partial charge on any atom is -0.538 e. The minimum atomic E-state index is -4.55. The first-order valence-corrected chi connectivity index (χ1v) is 10.6. The molecule has 0 aliphatic rings. The van der Waals surface area contributed by atoms with E-state index in [-0.39, 0.29) is 21.0 Å². The molecule has 4 aromatic rings. The van der Waals surface area contributed by atoms with Gasteiger partial charge in [0.05, 0.1) is 21.1 Å². The van der Waals surface area contributed by atoms with Gasteiger partial charge in [0.15, 0.2) is 11.1 Å². The van der Waals surface area contributed by atoms with Gasteiger partial charge in [-0.15, -0.1) is 0 Å². The summed E-state index contributed by atoms with van der Waals surface area (Å²) in [5, 5.41) is 14.7. The molecule has 0 bridgehead atoms. The van der Waals surface area contributed by atoms with Crippen LogP contribution in [0.2, 0.25) is 5.02 Å². The lowest BCUT2D eigenvalue weighted by atomic mass is 10.2. The number of sulfonamides is 1. The zero-order chi connectivity index (χ0) is 21.7. The van der Waals surface area contributed by atoms with E-state index in [0.29, 0.717) is 16.4 Å². The SMILES string of the molecule is O=S(=O)(Nc1nc2ccc(C(F)(F)F)cc2s1)c1c([O-])on[n+]1-c1ccc(Cl)cc1. The summed E-state index contributed by atoms with van der Waals surface area (Å²) in [5.74, 6) is -1.24. The molecule has 2 aromatic carbocycles. The van der Waals surface area contributed by atoms with Gasteiger partial charge in [-0.2, -0.15) is 21.6 Å². The van der Waals surface area contributed by atoms with Crippen LogP contribution >= 0.6 is 22.9 Å². The molecule has 30 heavy (non-hydrogen) atoms. The monoisotopic (exact) mass is 476 g/mol. The van der Waals surface area contributed by atoms with Crippen LogP contribution in [0.25, 0.3) is 15.9 Å². The average Bonchev–Trinajstić information content (AvgIpc) is 3.23. The molecule has 14 heteroatoms. The van der Waals surface area contributed by atoms with Crippen LogP contribution in [0.5, 0.6) is 5.95 Å². The molecule has 0 spiro atoms. The molecule has 0 amide bonds. The van der Waals surface area contributed by atoms with Crippen LogP contribution in [-0.4, -0.2) is 18.7 Å². The van der Waals surface area contributed by atoms with Gasteiger partial charge < -0.3 is 9.63 Å². The number of fused-ring (bicyclic) bond motifs is 1. The first kappa shape index (κ1) is 20.4. The van der Waals surface area contributed by atoms with E-state index in [4.69, 9.17) is 11.6 Å². The van der Waals surface area contributed by atoms with Gasteiger partial charge in [-0.3, -0.25) is 0 Å². The summed E-state index contributed by atoms with van der Waals surface area (Å²) in [6.45, 7) is 0. The van der Waals surface area contributed by atoms with Crippen LogP contribution in [0.1, 0.15) is 5.56 Å². The van der Waals surface area contributed by atoms with E-state index in [1.807, 2.05) is 0 Å². The van der Waals surface area contributed by atoms with Gasteiger partial charge in [-0.25, -0.2) is 9.71 Å². The fraction of sp³-hybridized carbons (Fsp3) is 0.0625. The first-order chi connectivity index (χ1) is 14.0. The van der Waals surface area contributed by atoms with Gasteiger partial charge in [0, 0.05) is 17.2 Å². The number of thiazole rings is 1. The molecule has 4 rings (SSSR count). The van der Waals surface area contributed by atoms with E-state index >= 15 is 0 Å². The van der Waals surface area contributed by atoms with Crippen LogP contribution < -0.4 is 14.5 Å². The topological polar surface area (TPSA) is 112 Å². The summed E-state index contributed by atoms with van der Waals surface area (Å²) < 4.78 is 71.6. The molecule has 2 heterocycles. The van der Waals surface area contributed by atoms with E-state index in [2.05, 4.69) is 19.5 Å². The smallest absolute Gasteiger partial charge is 0.416 e. The second kappa shape index (κ2) is 7.11. The Morgan fingerprint density at radius 2 is 1.87 bits per heavy atom. The van der Waals surface area contributed by atoms with Crippen molar-refractivity contribution < 1.29 is 35.9 Å². The molecular formula is C16H8ClF3N4O4S2. The molecule has 8 nitrogen and oxygen atoms in total. The Hall–Kier alpha value is -2.90. The molecular weight excluding hydrogens is 469 g/mol. The predicted molar refractivity (Wildman–Crippen MR) is 97.9 cm³/mol. The fourth-order valence-electron chi connectivity index (χ4n) is 2.52. The lowest BCUT2D eigenvalue weighted by Gasteiger charge is -2.04. The number of rotatable bonds is 4. The van der Waals surface area contributed by atoms with Gasteiger partial charge in [0.1, 0.15) is 0 Å². The maximum absolute atomic E-state index is 12.9. The summed E-state index contributed by atoms with van der Waals surface area (Å²) >= 11 is 6.48. The van der Waals surface area contributed by atoms with Crippen molar-refractivity contribution in [1.82, 2.24) is 10.3 Å². The number of benzene rings is 2. The normalized spacial score (nSPS) is 12.4. The van der Waals surface area contributed by atoms with E-state index in [1.165, 1.54) is 24.3 Å². The van der Waals surface area contributed by atoms with Crippen molar-refractivity contribution in [1.29, 1.82) is 0 Å². The van der Waals surface area contributed by atoms with Gasteiger partial charge in [0.2, 0.25) is 5.69 Å². The Labute approximate surface area is 175 Å². The maximum atomic E-state index is 12.9. The van der Waals surface area contributed by atoms with Gasteiger partial charge in [0.25, 0.3) is 0 Å². The number of nitrogens with one attached hydrogen (secondary N) is 1. The van der Waals surface area contributed by atoms with Crippen molar-refractivity contribution in [2.45, 2.75) is 11.2 Å². The Kier molecular flexibility index (Phi) is 4.83. The zero-order valence-electron chi connectivity index (χ0n) is 14.3. The number of halogens is 4. The number of hydrogen-bond donors (Lipinski definition) is 1. The van der Waals surface area contributed by atoms with Crippen LogP contribution in [0.4, 0.5) is 18.3 Å². The van der Waals surface area contributed by atoms with Crippen molar-refractivity contribution in [3.63, 3.8) is 0 Å². The van der Waals surface area contributed by atoms with Crippen LogP contribution in [0.15, 0.2) is 52.0 Å². The number of anilines is 1. The van der Waals surface area contributed by atoms with E-state index in [0.717, 1.165) is 22.9 Å². The fourth-order valence-corrected chi connectivity index (χ4v) is 4.89. The Morgan fingerprint density at radius 3 is 2.53 bits per heavy atom. The standard InChI is InChI=1S/C16H8ClF3N4O4S2/c17-9-2-4-10(5-3-9)24-13(14(25)28-23-24)30(26,27)22-15-21-11-6-1-8(16(18,19)20)7-12(11)29-15/h1-7H,(H-,21,22,23,25). The molecule has 0 unspecified atom stereocenters. The third-order valence-corrected chi connectivity index (χ3v) is 6.46. The number of aromatic nitrogens is 3. The largest absolute Gasteiger partial charge is 0.538 e. The first-order valence-electron chi connectivity index (χ1n) is 7.90. The molecule has 1 N–H and O–H groups in total. The summed E-state index contributed by atoms with van der Waals surface area (Å²) in [5.41, 5.74) is -0.553. The van der Waals surface area contributed by atoms with Crippen molar-refractivity contribution >= 4 is 48.3 Å². The second-order valence-corrected chi connectivity index (χ2v) is 8.92. The molecule has 0 fully saturated rings. The van der Waals surface area contributed by atoms with Crippen LogP contribution in [-0.2, 0) is 16.2 Å². The van der Waals surface area contributed by atoms with Gasteiger partial charge in [-0.05, 0) is 35.0 Å². The highest BCUT2D eigenvalue weighted by atomic mass is 35.5. The number of hydrogen-bond acceptors (Lipinski definition) is 7. The Balaban J connectivity index is 1.72. The van der Waals surface area contributed by atoms with E-state index < -0.39 is 32.7 Å². The molecule has 0 atom stereocenters. The van der Waals surface area contributed by atoms with Crippen molar-refractivity contribution in [2.75, 3.05) is 4.72 Å².